The zero-order chi connectivity index (χ0) is 15.8. The number of hydrazine groups is 1. The van der Waals surface area contributed by atoms with Gasteiger partial charge in [-0.25, -0.2) is 5.84 Å². The maximum absolute atomic E-state index is 12.3. The zero-order valence-electron chi connectivity index (χ0n) is 13.3. The number of nitrogens with two attached hydrogens (primary N) is 1. The van der Waals surface area contributed by atoms with Crippen LogP contribution in [0.2, 0.25) is 0 Å². The number of piperidine rings is 1. The predicted octanol–water partition coefficient (Wildman–Crippen LogP) is 0.288. The molecule has 0 aromatic carbocycles. The molecule has 1 aliphatic heterocycles. The molecule has 7 heteroatoms. The summed E-state index contributed by atoms with van der Waals surface area (Å²) in [6.45, 7) is 3.89. The number of thioether (sulfide) groups is 1. The molecule has 1 heterocycles. The second kappa shape index (κ2) is 9.27. The first kappa shape index (κ1) is 18.3. The predicted molar refractivity (Wildman–Crippen MR) is 86.7 cm³/mol. The number of nitrogens with zero attached hydrogens (tertiary/aromatic N) is 2. The third-order valence-electron chi connectivity index (χ3n) is 4.20. The van der Waals surface area contributed by atoms with E-state index in [-0.39, 0.29) is 17.7 Å². The topological polar surface area (TPSA) is 78.7 Å². The fraction of sp³-hybridized carbons (Fsp3) is 0.857. The molecule has 1 saturated heterocycles. The Morgan fingerprint density at radius 1 is 1.43 bits per heavy atom. The molecule has 0 bridgehead atoms. The second-order valence-corrected chi connectivity index (χ2v) is 6.51. The number of likely N-dealkylation sites (tertiary alicyclic amines) is 1. The molecule has 122 valence electrons. The normalized spacial score (nSPS) is 17.9. The number of likely N-dealkylation sites (N-methyl/N-ethyl adjacent to an activating group) is 1. The van der Waals surface area contributed by atoms with Crippen LogP contribution in [-0.4, -0.2) is 66.3 Å². The molecular weight excluding hydrogens is 288 g/mol. The largest absolute Gasteiger partial charge is 0.342 e. The molecule has 0 radical (unpaired) electrons. The standard InChI is InChI=1S/C14H28N4O2S/c1-4-12(10-21-3)17(2)9-13(19)18-7-5-11(6-8-18)14(20)16-15/h11-12H,4-10,15H2,1-3H3,(H,16,20). The van der Waals surface area contributed by atoms with Crippen LogP contribution in [0, 0.1) is 5.92 Å². The van der Waals surface area contributed by atoms with Gasteiger partial charge < -0.3 is 4.90 Å². The summed E-state index contributed by atoms with van der Waals surface area (Å²) in [6, 6.07) is 0.435. The molecule has 6 nitrogen and oxygen atoms in total. The van der Waals surface area contributed by atoms with Gasteiger partial charge in [0, 0.05) is 30.8 Å². The lowest BCUT2D eigenvalue weighted by molar-refractivity contribution is -0.136. The number of nitrogens with one attached hydrogen (secondary N) is 1. The van der Waals surface area contributed by atoms with Gasteiger partial charge in [0.1, 0.15) is 0 Å². The van der Waals surface area contributed by atoms with Crippen LogP contribution in [0.1, 0.15) is 26.2 Å². The van der Waals surface area contributed by atoms with Crippen molar-refractivity contribution in [3.63, 3.8) is 0 Å². The van der Waals surface area contributed by atoms with E-state index < -0.39 is 0 Å². The Morgan fingerprint density at radius 2 is 2.05 bits per heavy atom. The van der Waals surface area contributed by atoms with Gasteiger partial charge in [0.25, 0.3) is 0 Å². The third-order valence-corrected chi connectivity index (χ3v) is 4.92. The van der Waals surface area contributed by atoms with Crippen LogP contribution < -0.4 is 11.3 Å². The van der Waals surface area contributed by atoms with Gasteiger partial charge in [0.2, 0.25) is 11.8 Å². The number of hydrogen-bond acceptors (Lipinski definition) is 5. The minimum Gasteiger partial charge on any atom is -0.342 e. The van der Waals surface area contributed by atoms with Crippen molar-refractivity contribution in [1.29, 1.82) is 0 Å². The summed E-state index contributed by atoms with van der Waals surface area (Å²) in [5.74, 6) is 6.17. The van der Waals surface area contributed by atoms with Crippen LogP contribution >= 0.6 is 11.8 Å². The first-order valence-corrected chi connectivity index (χ1v) is 8.90. The van der Waals surface area contributed by atoms with Crippen molar-refractivity contribution in [3.05, 3.63) is 0 Å². The molecule has 1 aliphatic rings. The highest BCUT2D eigenvalue weighted by Crippen LogP contribution is 2.17. The second-order valence-electron chi connectivity index (χ2n) is 5.60. The summed E-state index contributed by atoms with van der Waals surface area (Å²) in [6.07, 6.45) is 4.52. The van der Waals surface area contributed by atoms with E-state index in [0.29, 0.717) is 38.5 Å². The lowest BCUT2D eigenvalue weighted by atomic mass is 9.96. The molecule has 1 rings (SSSR count). The maximum atomic E-state index is 12.3. The van der Waals surface area contributed by atoms with Crippen molar-refractivity contribution < 1.29 is 9.59 Å². The summed E-state index contributed by atoms with van der Waals surface area (Å²) in [7, 11) is 2.01. The molecule has 3 N–H and O–H groups in total. The van der Waals surface area contributed by atoms with E-state index in [1.807, 2.05) is 23.7 Å². The summed E-state index contributed by atoms with van der Waals surface area (Å²) in [4.78, 5) is 27.8. The van der Waals surface area contributed by atoms with E-state index in [2.05, 4.69) is 23.5 Å². The number of rotatable bonds is 7. The molecule has 1 fully saturated rings. The highest BCUT2D eigenvalue weighted by atomic mass is 32.2. The third kappa shape index (κ3) is 5.48. The summed E-state index contributed by atoms with van der Waals surface area (Å²) >= 11 is 1.81. The Balaban J connectivity index is 2.41. The lowest BCUT2D eigenvalue weighted by Gasteiger charge is -2.33. The maximum Gasteiger partial charge on any atom is 0.237 e. The molecular formula is C14H28N4O2S. The van der Waals surface area contributed by atoms with Crippen molar-refractivity contribution in [2.24, 2.45) is 11.8 Å². The van der Waals surface area contributed by atoms with Crippen LogP contribution in [0.25, 0.3) is 0 Å². The lowest BCUT2D eigenvalue weighted by Crippen LogP contribution is -2.48. The van der Waals surface area contributed by atoms with Gasteiger partial charge in [0.05, 0.1) is 6.54 Å². The minimum absolute atomic E-state index is 0.0586. The van der Waals surface area contributed by atoms with E-state index in [0.717, 1.165) is 12.2 Å². The van der Waals surface area contributed by atoms with Gasteiger partial charge >= 0.3 is 0 Å². The van der Waals surface area contributed by atoms with E-state index in [9.17, 15) is 9.59 Å². The van der Waals surface area contributed by atoms with Gasteiger partial charge in [-0.3, -0.25) is 19.9 Å². The Labute approximate surface area is 131 Å². The van der Waals surface area contributed by atoms with E-state index in [1.165, 1.54) is 0 Å². The molecule has 21 heavy (non-hydrogen) atoms. The quantitative estimate of drug-likeness (QED) is 0.401. The van der Waals surface area contributed by atoms with Crippen molar-refractivity contribution in [3.8, 4) is 0 Å². The molecule has 1 atom stereocenters. The highest BCUT2D eigenvalue weighted by molar-refractivity contribution is 7.98. The first-order valence-electron chi connectivity index (χ1n) is 7.50. The van der Waals surface area contributed by atoms with Crippen LogP contribution in [0.4, 0.5) is 0 Å². The molecule has 0 aromatic heterocycles. The SMILES string of the molecule is CCC(CSC)N(C)CC(=O)N1CCC(C(=O)NN)CC1. The van der Waals surface area contributed by atoms with Crippen LogP contribution in [0.3, 0.4) is 0 Å². The number of amides is 2. The van der Waals surface area contributed by atoms with Gasteiger partial charge in [-0.15, -0.1) is 0 Å². The number of hydrogen-bond donors (Lipinski definition) is 2. The zero-order valence-corrected chi connectivity index (χ0v) is 14.1. The van der Waals surface area contributed by atoms with Crippen LogP contribution in [0.5, 0.6) is 0 Å². The Kier molecular flexibility index (Phi) is 8.06. The first-order chi connectivity index (χ1) is 10.0. The van der Waals surface area contributed by atoms with Crippen molar-refractivity contribution in [2.45, 2.75) is 32.2 Å². The number of carbonyl (C=O) groups excluding carboxylic acids is 2. The average molecular weight is 316 g/mol. The Bertz CT molecular complexity index is 346. The molecule has 1 unspecified atom stereocenters. The fourth-order valence-electron chi connectivity index (χ4n) is 2.70. The monoisotopic (exact) mass is 316 g/mol. The molecule has 0 aromatic rings. The van der Waals surface area contributed by atoms with Gasteiger partial charge in [0.15, 0.2) is 0 Å². The Hall–Kier alpha value is -0.790. The molecule has 0 spiro atoms. The van der Waals surface area contributed by atoms with Gasteiger partial charge in [-0.05, 0) is 32.6 Å². The van der Waals surface area contributed by atoms with E-state index in [1.54, 1.807) is 0 Å². The molecule has 0 saturated carbocycles. The summed E-state index contributed by atoms with van der Waals surface area (Å²) < 4.78 is 0. The van der Waals surface area contributed by atoms with Crippen molar-refractivity contribution >= 4 is 23.6 Å². The summed E-state index contributed by atoms with van der Waals surface area (Å²) in [5, 5.41) is 0. The van der Waals surface area contributed by atoms with E-state index in [4.69, 9.17) is 5.84 Å². The van der Waals surface area contributed by atoms with Crippen LogP contribution in [-0.2, 0) is 9.59 Å². The summed E-state index contributed by atoms with van der Waals surface area (Å²) in [5.41, 5.74) is 2.19. The fourth-order valence-corrected chi connectivity index (χ4v) is 3.58. The van der Waals surface area contributed by atoms with Crippen LogP contribution in [0.15, 0.2) is 0 Å². The van der Waals surface area contributed by atoms with Gasteiger partial charge in [-0.1, -0.05) is 6.92 Å². The van der Waals surface area contributed by atoms with Crippen molar-refractivity contribution in [1.82, 2.24) is 15.2 Å². The number of carbonyl (C=O) groups is 2. The van der Waals surface area contributed by atoms with Gasteiger partial charge in [-0.2, -0.15) is 11.8 Å². The molecule has 2 amide bonds. The minimum atomic E-state index is -0.120. The smallest absolute Gasteiger partial charge is 0.237 e. The highest BCUT2D eigenvalue weighted by Gasteiger charge is 2.27. The van der Waals surface area contributed by atoms with E-state index >= 15 is 0 Å². The molecule has 0 aliphatic carbocycles. The Morgan fingerprint density at radius 3 is 2.52 bits per heavy atom. The van der Waals surface area contributed by atoms with Crippen molar-refractivity contribution in [2.75, 3.05) is 38.7 Å². The average Bonchev–Trinajstić information content (AvgIpc) is 2.51.